The average Bonchev–Trinajstić information content (AvgIpc) is 2.31. The van der Waals surface area contributed by atoms with E-state index in [4.69, 9.17) is 9.47 Å². The van der Waals surface area contributed by atoms with Crippen molar-refractivity contribution in [1.82, 2.24) is 4.90 Å². The van der Waals surface area contributed by atoms with Crippen LogP contribution in [-0.2, 0) is 14.3 Å². The molecule has 0 saturated carbocycles. The summed E-state index contributed by atoms with van der Waals surface area (Å²) in [5, 5.41) is 0.300. The van der Waals surface area contributed by atoms with Gasteiger partial charge in [-0.3, -0.25) is 4.79 Å². The van der Waals surface area contributed by atoms with Crippen molar-refractivity contribution >= 4 is 17.7 Å². The second-order valence-electron chi connectivity index (χ2n) is 4.29. The summed E-state index contributed by atoms with van der Waals surface area (Å²) in [4.78, 5) is 13.3. The van der Waals surface area contributed by atoms with Gasteiger partial charge in [0.05, 0.1) is 18.5 Å². The van der Waals surface area contributed by atoms with Gasteiger partial charge in [0.15, 0.2) is 0 Å². The fourth-order valence-corrected chi connectivity index (χ4v) is 2.41. The van der Waals surface area contributed by atoms with Crippen molar-refractivity contribution in [3.05, 3.63) is 12.2 Å². The van der Waals surface area contributed by atoms with E-state index >= 15 is 0 Å². The fourth-order valence-electron chi connectivity index (χ4n) is 1.51. The van der Waals surface area contributed by atoms with E-state index < -0.39 is 5.79 Å². The summed E-state index contributed by atoms with van der Waals surface area (Å²) in [5.74, 6) is -0.303. The standard InChI is InChI=1S/C12H21NO3S/c1-5-6-7-17-10-8-15-12(2,16-9-10)11(14)13(3)4/h5-6,10H,7-9H2,1-4H3. The van der Waals surface area contributed by atoms with E-state index in [2.05, 4.69) is 6.08 Å². The molecule has 0 aromatic carbocycles. The topological polar surface area (TPSA) is 38.8 Å². The third-order valence-electron chi connectivity index (χ3n) is 2.55. The van der Waals surface area contributed by atoms with Gasteiger partial charge in [0.2, 0.25) is 5.79 Å². The minimum absolute atomic E-state index is 0.144. The Morgan fingerprint density at radius 2 is 2.06 bits per heavy atom. The summed E-state index contributed by atoms with van der Waals surface area (Å²) < 4.78 is 11.1. The number of hydrogen-bond donors (Lipinski definition) is 0. The minimum Gasteiger partial charge on any atom is -0.344 e. The molecular formula is C12H21NO3S. The Morgan fingerprint density at radius 1 is 1.47 bits per heavy atom. The molecule has 0 aromatic rings. The highest BCUT2D eigenvalue weighted by Gasteiger charge is 2.41. The smallest absolute Gasteiger partial charge is 0.282 e. The molecule has 0 aromatic heterocycles. The van der Waals surface area contributed by atoms with Gasteiger partial charge < -0.3 is 14.4 Å². The van der Waals surface area contributed by atoms with Gasteiger partial charge in [-0.1, -0.05) is 12.2 Å². The zero-order chi connectivity index (χ0) is 12.9. The number of ether oxygens (including phenoxy) is 2. The van der Waals surface area contributed by atoms with Crippen LogP contribution in [0, 0.1) is 0 Å². The summed E-state index contributed by atoms with van der Waals surface area (Å²) in [7, 11) is 3.40. The molecule has 98 valence electrons. The van der Waals surface area contributed by atoms with Crippen molar-refractivity contribution in [3.8, 4) is 0 Å². The molecule has 1 heterocycles. The summed E-state index contributed by atoms with van der Waals surface area (Å²) in [5.41, 5.74) is 0. The summed E-state index contributed by atoms with van der Waals surface area (Å²) in [6.07, 6.45) is 4.13. The predicted molar refractivity (Wildman–Crippen MR) is 70.1 cm³/mol. The van der Waals surface area contributed by atoms with E-state index in [-0.39, 0.29) is 5.91 Å². The van der Waals surface area contributed by atoms with Gasteiger partial charge in [0.25, 0.3) is 5.91 Å². The van der Waals surface area contributed by atoms with Crippen LogP contribution in [-0.4, -0.2) is 54.9 Å². The van der Waals surface area contributed by atoms with Crippen LogP contribution in [0.1, 0.15) is 13.8 Å². The Hall–Kier alpha value is -0.520. The molecule has 1 saturated heterocycles. The lowest BCUT2D eigenvalue weighted by molar-refractivity contribution is -0.248. The molecule has 0 N–H and O–H groups in total. The Kier molecular flexibility index (Phi) is 5.49. The lowest BCUT2D eigenvalue weighted by Gasteiger charge is -2.37. The molecule has 1 rings (SSSR count). The lowest BCUT2D eigenvalue weighted by atomic mass is 10.2. The van der Waals surface area contributed by atoms with E-state index in [1.54, 1.807) is 32.8 Å². The third-order valence-corrected chi connectivity index (χ3v) is 3.68. The molecule has 4 nitrogen and oxygen atoms in total. The van der Waals surface area contributed by atoms with Gasteiger partial charge in [-0.15, -0.1) is 11.8 Å². The van der Waals surface area contributed by atoms with E-state index in [1.165, 1.54) is 4.90 Å². The quantitative estimate of drug-likeness (QED) is 0.718. The molecule has 0 unspecified atom stereocenters. The SMILES string of the molecule is CC=CCSC1COC(C)(C(=O)N(C)C)OC1. The molecule has 1 aliphatic rings. The van der Waals surface area contributed by atoms with Gasteiger partial charge in [-0.05, 0) is 13.8 Å². The maximum Gasteiger partial charge on any atom is 0.282 e. The van der Waals surface area contributed by atoms with Crippen LogP contribution in [0.25, 0.3) is 0 Å². The number of rotatable bonds is 4. The fraction of sp³-hybridized carbons (Fsp3) is 0.750. The maximum absolute atomic E-state index is 11.8. The van der Waals surface area contributed by atoms with Crippen LogP contribution in [0.15, 0.2) is 12.2 Å². The molecule has 1 fully saturated rings. The number of nitrogens with zero attached hydrogens (tertiary/aromatic N) is 1. The normalized spacial score (nSPS) is 29.5. The Bertz CT molecular complexity index is 283. The highest BCUT2D eigenvalue weighted by molar-refractivity contribution is 8.00. The van der Waals surface area contributed by atoms with Crippen LogP contribution in [0.4, 0.5) is 0 Å². The molecule has 0 radical (unpaired) electrons. The maximum atomic E-state index is 11.8. The molecule has 0 atom stereocenters. The van der Waals surface area contributed by atoms with Gasteiger partial charge in [-0.2, -0.15) is 0 Å². The van der Waals surface area contributed by atoms with Crippen molar-refractivity contribution in [3.63, 3.8) is 0 Å². The van der Waals surface area contributed by atoms with Crippen molar-refractivity contribution in [1.29, 1.82) is 0 Å². The van der Waals surface area contributed by atoms with Crippen LogP contribution in [0.5, 0.6) is 0 Å². The van der Waals surface area contributed by atoms with Gasteiger partial charge >= 0.3 is 0 Å². The van der Waals surface area contributed by atoms with E-state index in [1.807, 2.05) is 13.0 Å². The Labute approximate surface area is 107 Å². The number of hydrogen-bond acceptors (Lipinski definition) is 4. The third kappa shape index (κ3) is 4.01. The molecule has 17 heavy (non-hydrogen) atoms. The second-order valence-corrected chi connectivity index (χ2v) is 5.63. The summed E-state index contributed by atoms with van der Waals surface area (Å²) >= 11 is 1.78. The van der Waals surface area contributed by atoms with Crippen molar-refractivity contribution in [2.24, 2.45) is 0 Å². The van der Waals surface area contributed by atoms with Crippen molar-refractivity contribution < 1.29 is 14.3 Å². The second kappa shape index (κ2) is 6.42. The van der Waals surface area contributed by atoms with Gasteiger partial charge in [0, 0.05) is 19.8 Å². The number of thioether (sulfide) groups is 1. The number of likely N-dealkylation sites (N-methyl/N-ethyl adjacent to an activating group) is 1. The zero-order valence-corrected chi connectivity index (χ0v) is 11.8. The molecule has 0 bridgehead atoms. The molecule has 1 aliphatic heterocycles. The molecular weight excluding hydrogens is 238 g/mol. The zero-order valence-electron chi connectivity index (χ0n) is 10.9. The van der Waals surface area contributed by atoms with Crippen LogP contribution >= 0.6 is 11.8 Å². The molecule has 5 heteroatoms. The monoisotopic (exact) mass is 259 g/mol. The van der Waals surface area contributed by atoms with E-state index in [0.29, 0.717) is 18.5 Å². The summed E-state index contributed by atoms with van der Waals surface area (Å²) in [6.45, 7) is 4.79. The highest BCUT2D eigenvalue weighted by atomic mass is 32.2. The predicted octanol–water partition coefficient (Wildman–Crippen LogP) is 1.52. The first-order valence-corrected chi connectivity index (χ1v) is 6.77. The summed E-state index contributed by atoms with van der Waals surface area (Å²) in [6, 6.07) is 0. The first-order valence-electron chi connectivity index (χ1n) is 5.72. The first kappa shape index (κ1) is 14.5. The highest BCUT2D eigenvalue weighted by Crippen LogP contribution is 2.25. The largest absolute Gasteiger partial charge is 0.344 e. The number of carbonyl (C=O) groups excluding carboxylic acids is 1. The number of carbonyl (C=O) groups is 1. The minimum atomic E-state index is -1.11. The van der Waals surface area contributed by atoms with Gasteiger partial charge in [-0.25, -0.2) is 0 Å². The molecule has 0 aliphatic carbocycles. The van der Waals surface area contributed by atoms with Gasteiger partial charge in [0.1, 0.15) is 0 Å². The van der Waals surface area contributed by atoms with E-state index in [0.717, 1.165) is 5.75 Å². The molecule has 1 amide bonds. The Balaban J connectivity index is 2.41. The van der Waals surface area contributed by atoms with Crippen molar-refractivity contribution in [2.45, 2.75) is 24.9 Å². The van der Waals surface area contributed by atoms with Crippen LogP contribution in [0.2, 0.25) is 0 Å². The van der Waals surface area contributed by atoms with E-state index in [9.17, 15) is 4.79 Å². The van der Waals surface area contributed by atoms with Crippen molar-refractivity contribution in [2.75, 3.05) is 33.1 Å². The average molecular weight is 259 g/mol. The van der Waals surface area contributed by atoms with Crippen LogP contribution < -0.4 is 0 Å². The molecule has 0 spiro atoms. The Morgan fingerprint density at radius 3 is 2.53 bits per heavy atom. The first-order chi connectivity index (χ1) is 7.99. The lowest BCUT2D eigenvalue weighted by Crippen LogP contribution is -2.53. The number of amides is 1. The van der Waals surface area contributed by atoms with Crippen LogP contribution in [0.3, 0.4) is 0 Å². The number of allylic oxidation sites excluding steroid dienone is 1.